The molecule has 128 valence electrons. The maximum Gasteiger partial charge on any atom is 0.240 e. The van der Waals surface area contributed by atoms with Crippen molar-refractivity contribution in [3.63, 3.8) is 0 Å². The second-order valence-corrected chi connectivity index (χ2v) is 7.51. The van der Waals surface area contributed by atoms with Gasteiger partial charge in [0.2, 0.25) is 5.91 Å². The first-order valence-electron chi connectivity index (χ1n) is 8.88. The summed E-state index contributed by atoms with van der Waals surface area (Å²) in [5.74, 6) is 0.204. The lowest BCUT2D eigenvalue weighted by atomic mass is 9.85. The molecular weight excluding hydrogens is 276 g/mol. The van der Waals surface area contributed by atoms with Crippen LogP contribution in [0.15, 0.2) is 0 Å². The SMILES string of the molecule is CC(C)NC1(C(=O)NCCC2CCCN2C)CCN(C)CC1. The van der Waals surface area contributed by atoms with E-state index in [-0.39, 0.29) is 11.4 Å². The predicted octanol–water partition coefficient (Wildman–Crippen LogP) is 1.05. The zero-order chi connectivity index (χ0) is 16.2. The van der Waals surface area contributed by atoms with Gasteiger partial charge in [0.25, 0.3) is 0 Å². The zero-order valence-corrected chi connectivity index (χ0v) is 14.8. The van der Waals surface area contributed by atoms with Gasteiger partial charge >= 0.3 is 0 Å². The van der Waals surface area contributed by atoms with E-state index in [1.807, 2.05) is 0 Å². The molecular formula is C17H34N4O. The van der Waals surface area contributed by atoms with Gasteiger partial charge < -0.3 is 20.4 Å². The van der Waals surface area contributed by atoms with Crippen LogP contribution in [0.2, 0.25) is 0 Å². The minimum absolute atomic E-state index is 0.204. The number of hydrogen-bond acceptors (Lipinski definition) is 4. The van der Waals surface area contributed by atoms with E-state index in [4.69, 9.17) is 0 Å². The molecule has 5 nitrogen and oxygen atoms in total. The lowest BCUT2D eigenvalue weighted by Gasteiger charge is -2.41. The van der Waals surface area contributed by atoms with E-state index < -0.39 is 0 Å². The minimum Gasteiger partial charge on any atom is -0.354 e. The summed E-state index contributed by atoms with van der Waals surface area (Å²) in [6, 6.07) is 0.974. The van der Waals surface area contributed by atoms with Gasteiger partial charge in [-0.25, -0.2) is 0 Å². The van der Waals surface area contributed by atoms with Crippen LogP contribution in [0.5, 0.6) is 0 Å². The van der Waals surface area contributed by atoms with Crippen LogP contribution in [0.25, 0.3) is 0 Å². The fourth-order valence-corrected chi connectivity index (χ4v) is 3.86. The van der Waals surface area contributed by atoms with E-state index in [2.05, 4.69) is 48.4 Å². The Balaban J connectivity index is 1.86. The van der Waals surface area contributed by atoms with Gasteiger partial charge in [0, 0.05) is 31.7 Å². The lowest BCUT2D eigenvalue weighted by Crippen LogP contribution is -2.63. The van der Waals surface area contributed by atoms with Crippen LogP contribution in [0.1, 0.15) is 46.0 Å². The van der Waals surface area contributed by atoms with Crippen LogP contribution in [0, 0.1) is 0 Å². The molecule has 0 saturated carbocycles. The Morgan fingerprint density at radius 3 is 2.45 bits per heavy atom. The summed E-state index contributed by atoms with van der Waals surface area (Å²) in [4.78, 5) is 17.5. The summed E-state index contributed by atoms with van der Waals surface area (Å²) in [5.41, 5.74) is -0.373. The van der Waals surface area contributed by atoms with Crippen LogP contribution < -0.4 is 10.6 Å². The van der Waals surface area contributed by atoms with Crippen molar-refractivity contribution < 1.29 is 4.79 Å². The molecule has 2 aliphatic rings. The summed E-state index contributed by atoms with van der Waals surface area (Å²) in [6.45, 7) is 8.22. The molecule has 1 amide bonds. The molecule has 0 aromatic rings. The number of carbonyl (C=O) groups is 1. The average molecular weight is 310 g/mol. The number of hydrogen-bond donors (Lipinski definition) is 2. The highest BCUT2D eigenvalue weighted by molar-refractivity contribution is 5.86. The van der Waals surface area contributed by atoms with E-state index in [0.29, 0.717) is 12.1 Å². The molecule has 1 unspecified atom stereocenters. The van der Waals surface area contributed by atoms with Crippen LogP contribution in [0.4, 0.5) is 0 Å². The molecule has 0 spiro atoms. The fourth-order valence-electron chi connectivity index (χ4n) is 3.86. The first-order chi connectivity index (χ1) is 10.4. The highest BCUT2D eigenvalue weighted by Crippen LogP contribution is 2.23. The molecule has 2 heterocycles. The van der Waals surface area contributed by atoms with Gasteiger partial charge in [-0.1, -0.05) is 0 Å². The molecule has 0 aromatic carbocycles. The molecule has 22 heavy (non-hydrogen) atoms. The molecule has 2 fully saturated rings. The van der Waals surface area contributed by atoms with Gasteiger partial charge in [0.15, 0.2) is 0 Å². The topological polar surface area (TPSA) is 47.6 Å². The van der Waals surface area contributed by atoms with E-state index in [9.17, 15) is 4.79 Å². The van der Waals surface area contributed by atoms with Crippen molar-refractivity contribution in [2.75, 3.05) is 40.3 Å². The highest BCUT2D eigenvalue weighted by atomic mass is 16.2. The maximum absolute atomic E-state index is 12.8. The van der Waals surface area contributed by atoms with Crippen molar-refractivity contribution >= 4 is 5.91 Å². The molecule has 1 atom stereocenters. The first-order valence-corrected chi connectivity index (χ1v) is 8.88. The molecule has 0 aliphatic carbocycles. The van der Waals surface area contributed by atoms with Crippen molar-refractivity contribution in [3.8, 4) is 0 Å². The lowest BCUT2D eigenvalue weighted by molar-refractivity contribution is -0.130. The summed E-state index contributed by atoms with van der Waals surface area (Å²) >= 11 is 0. The molecule has 0 bridgehead atoms. The summed E-state index contributed by atoms with van der Waals surface area (Å²) in [7, 11) is 4.32. The largest absolute Gasteiger partial charge is 0.354 e. The molecule has 5 heteroatoms. The van der Waals surface area contributed by atoms with Crippen molar-refractivity contribution in [2.45, 2.75) is 63.6 Å². The summed E-state index contributed by atoms with van der Waals surface area (Å²) < 4.78 is 0. The molecule has 2 aliphatic heterocycles. The number of likely N-dealkylation sites (tertiary alicyclic amines) is 2. The molecule has 2 rings (SSSR count). The third-order valence-corrected chi connectivity index (χ3v) is 5.27. The summed E-state index contributed by atoms with van der Waals surface area (Å²) in [5, 5.41) is 6.77. The van der Waals surface area contributed by atoms with Crippen molar-refractivity contribution in [1.82, 2.24) is 20.4 Å². The van der Waals surface area contributed by atoms with Crippen molar-refractivity contribution in [1.29, 1.82) is 0 Å². The third kappa shape index (κ3) is 4.43. The first kappa shape index (κ1) is 17.7. The number of carbonyl (C=O) groups excluding carboxylic acids is 1. The second kappa shape index (κ2) is 7.75. The maximum atomic E-state index is 12.8. The quantitative estimate of drug-likeness (QED) is 0.770. The van der Waals surface area contributed by atoms with Gasteiger partial charge in [0.05, 0.1) is 0 Å². The Morgan fingerprint density at radius 1 is 1.23 bits per heavy atom. The zero-order valence-electron chi connectivity index (χ0n) is 14.8. The smallest absolute Gasteiger partial charge is 0.240 e. The molecule has 2 N–H and O–H groups in total. The number of amides is 1. The standard InChI is InChI=1S/C17H34N4O/c1-14(2)19-17(8-12-20(3)13-9-17)16(22)18-10-7-15-6-5-11-21(15)4/h14-15,19H,5-13H2,1-4H3,(H,18,22). The Labute approximate surface area is 135 Å². The predicted molar refractivity (Wildman–Crippen MR) is 91.0 cm³/mol. The average Bonchev–Trinajstić information content (AvgIpc) is 2.86. The van der Waals surface area contributed by atoms with E-state index >= 15 is 0 Å². The molecule has 0 radical (unpaired) electrons. The van der Waals surface area contributed by atoms with Gasteiger partial charge in [-0.3, -0.25) is 4.79 Å². The number of rotatable bonds is 6. The van der Waals surface area contributed by atoms with E-state index in [1.165, 1.54) is 19.4 Å². The van der Waals surface area contributed by atoms with Crippen LogP contribution in [0.3, 0.4) is 0 Å². The monoisotopic (exact) mass is 310 g/mol. The Hall–Kier alpha value is -0.650. The van der Waals surface area contributed by atoms with Gasteiger partial charge in [-0.05, 0) is 66.6 Å². The van der Waals surface area contributed by atoms with Gasteiger partial charge in [-0.2, -0.15) is 0 Å². The summed E-state index contributed by atoms with van der Waals surface area (Å²) in [6.07, 6.45) is 5.43. The third-order valence-electron chi connectivity index (χ3n) is 5.27. The van der Waals surface area contributed by atoms with Crippen molar-refractivity contribution in [3.05, 3.63) is 0 Å². The molecule has 0 aromatic heterocycles. The van der Waals surface area contributed by atoms with Crippen LogP contribution in [-0.4, -0.2) is 73.6 Å². The van der Waals surface area contributed by atoms with Gasteiger partial charge in [0.1, 0.15) is 5.54 Å². The van der Waals surface area contributed by atoms with Crippen LogP contribution >= 0.6 is 0 Å². The normalized spacial score (nSPS) is 26.5. The molecule has 2 saturated heterocycles. The number of piperidine rings is 1. The van der Waals surface area contributed by atoms with Gasteiger partial charge in [-0.15, -0.1) is 0 Å². The Bertz CT molecular complexity index is 364. The second-order valence-electron chi connectivity index (χ2n) is 7.51. The number of nitrogens with one attached hydrogen (secondary N) is 2. The fraction of sp³-hybridized carbons (Fsp3) is 0.941. The Kier molecular flexibility index (Phi) is 6.24. The minimum atomic E-state index is -0.373. The Morgan fingerprint density at radius 2 is 1.91 bits per heavy atom. The van der Waals surface area contributed by atoms with E-state index in [1.54, 1.807) is 0 Å². The van der Waals surface area contributed by atoms with E-state index in [0.717, 1.165) is 38.9 Å². The van der Waals surface area contributed by atoms with Crippen LogP contribution in [-0.2, 0) is 4.79 Å². The van der Waals surface area contributed by atoms with Crippen molar-refractivity contribution in [2.24, 2.45) is 0 Å². The number of nitrogens with zero attached hydrogens (tertiary/aromatic N) is 2. The highest BCUT2D eigenvalue weighted by Gasteiger charge is 2.40.